The van der Waals surface area contributed by atoms with Crippen molar-refractivity contribution in [2.75, 3.05) is 26.2 Å². The predicted octanol–water partition coefficient (Wildman–Crippen LogP) is 1.05. The number of carbonyl (C=O) groups excluding carboxylic acids is 2. The van der Waals surface area contributed by atoms with Gasteiger partial charge in [0.05, 0.1) is 6.33 Å². The van der Waals surface area contributed by atoms with Gasteiger partial charge in [0, 0.05) is 80.9 Å². The summed E-state index contributed by atoms with van der Waals surface area (Å²) >= 11 is 0. The topological polar surface area (TPSA) is 91.3 Å². The molecular formula is C21H27N5O3. The van der Waals surface area contributed by atoms with Gasteiger partial charge in [-0.1, -0.05) is 0 Å². The molecule has 0 aliphatic carbocycles. The fraction of sp³-hybridized carbons (Fsp3) is 0.524. The Balaban J connectivity index is 1.39. The lowest BCUT2D eigenvalue weighted by atomic mass is 9.73. The lowest BCUT2D eigenvalue weighted by Crippen LogP contribution is -2.55. The molecule has 2 saturated heterocycles. The molecule has 2 aromatic heterocycles. The van der Waals surface area contributed by atoms with Crippen molar-refractivity contribution < 1.29 is 9.59 Å². The average molecular weight is 397 g/mol. The second kappa shape index (κ2) is 8.23. The highest BCUT2D eigenvalue weighted by molar-refractivity contribution is 5.78. The zero-order chi connectivity index (χ0) is 20.3. The number of piperidine rings is 2. The number of H-pyrrole nitrogens is 1. The van der Waals surface area contributed by atoms with Crippen LogP contribution in [0.5, 0.6) is 0 Å². The summed E-state index contributed by atoms with van der Waals surface area (Å²) in [6.45, 7) is 3.07. The first kappa shape index (κ1) is 19.4. The highest BCUT2D eigenvalue weighted by Crippen LogP contribution is 2.39. The van der Waals surface area contributed by atoms with E-state index in [2.05, 4.69) is 9.97 Å². The second-order valence-electron chi connectivity index (χ2n) is 8.27. The average Bonchev–Trinajstić information content (AvgIpc) is 3.24. The Morgan fingerprint density at radius 2 is 2.00 bits per heavy atom. The van der Waals surface area contributed by atoms with Crippen molar-refractivity contribution in [1.82, 2.24) is 24.3 Å². The first-order valence-corrected chi connectivity index (χ1v) is 10.2. The van der Waals surface area contributed by atoms with E-state index < -0.39 is 0 Å². The SMILES string of the molecule is O=C1CCC2(CCCN(C(=O)Cn3ccc(=O)cc3)C2)CN1CCc1cnc[nH]1. The minimum Gasteiger partial charge on any atom is -0.348 e. The molecule has 0 aromatic carbocycles. The molecule has 2 aromatic rings. The minimum absolute atomic E-state index is 0.0145. The number of amides is 2. The van der Waals surface area contributed by atoms with Crippen LogP contribution in [0.1, 0.15) is 31.4 Å². The number of aromatic amines is 1. The summed E-state index contributed by atoms with van der Waals surface area (Å²) < 4.78 is 1.74. The molecule has 8 nitrogen and oxygen atoms in total. The minimum atomic E-state index is -0.0623. The van der Waals surface area contributed by atoms with Crippen molar-refractivity contribution >= 4 is 11.8 Å². The third-order valence-corrected chi connectivity index (χ3v) is 6.15. The van der Waals surface area contributed by atoms with E-state index in [1.807, 2.05) is 9.80 Å². The largest absolute Gasteiger partial charge is 0.348 e. The highest BCUT2D eigenvalue weighted by atomic mass is 16.2. The third kappa shape index (κ3) is 4.58. The second-order valence-corrected chi connectivity index (χ2v) is 8.27. The van der Waals surface area contributed by atoms with E-state index in [-0.39, 0.29) is 29.2 Å². The van der Waals surface area contributed by atoms with Gasteiger partial charge in [-0.05, 0) is 19.3 Å². The van der Waals surface area contributed by atoms with Crippen LogP contribution in [-0.4, -0.2) is 62.3 Å². The molecule has 8 heteroatoms. The molecular weight excluding hydrogens is 370 g/mol. The first-order valence-electron chi connectivity index (χ1n) is 10.2. The van der Waals surface area contributed by atoms with Crippen LogP contribution in [0.25, 0.3) is 0 Å². The highest BCUT2D eigenvalue weighted by Gasteiger charge is 2.42. The number of aromatic nitrogens is 3. The van der Waals surface area contributed by atoms with E-state index in [0.717, 1.165) is 37.9 Å². The molecule has 29 heavy (non-hydrogen) atoms. The van der Waals surface area contributed by atoms with E-state index in [1.54, 1.807) is 29.5 Å². The van der Waals surface area contributed by atoms with Crippen molar-refractivity contribution in [3.8, 4) is 0 Å². The van der Waals surface area contributed by atoms with Gasteiger partial charge in [0.1, 0.15) is 6.54 Å². The third-order valence-electron chi connectivity index (χ3n) is 6.15. The Kier molecular flexibility index (Phi) is 5.51. The van der Waals surface area contributed by atoms with Gasteiger partial charge in [0.25, 0.3) is 0 Å². The fourth-order valence-electron chi connectivity index (χ4n) is 4.54. The summed E-state index contributed by atoms with van der Waals surface area (Å²) in [5, 5.41) is 0. The Morgan fingerprint density at radius 1 is 1.17 bits per heavy atom. The van der Waals surface area contributed by atoms with Crippen LogP contribution in [0.3, 0.4) is 0 Å². The van der Waals surface area contributed by atoms with Gasteiger partial charge in [-0.25, -0.2) is 4.98 Å². The molecule has 1 N–H and O–H groups in total. The van der Waals surface area contributed by atoms with E-state index in [9.17, 15) is 14.4 Å². The van der Waals surface area contributed by atoms with Gasteiger partial charge < -0.3 is 19.4 Å². The van der Waals surface area contributed by atoms with Crippen molar-refractivity contribution in [2.45, 2.75) is 38.6 Å². The number of rotatable bonds is 5. The number of carbonyl (C=O) groups is 2. The fourth-order valence-corrected chi connectivity index (χ4v) is 4.54. The molecule has 4 heterocycles. The molecule has 4 rings (SSSR count). The number of nitrogens with one attached hydrogen (secondary N) is 1. The maximum atomic E-state index is 12.8. The molecule has 154 valence electrons. The maximum Gasteiger partial charge on any atom is 0.242 e. The smallest absolute Gasteiger partial charge is 0.242 e. The zero-order valence-corrected chi connectivity index (χ0v) is 16.5. The van der Waals surface area contributed by atoms with E-state index in [1.165, 1.54) is 12.1 Å². The standard InChI is InChI=1S/C21H27N5O3/c27-18-4-9-24(10-5-18)13-20(29)25-8-1-6-21(14-25)7-2-19(28)26(15-21)11-3-17-12-22-16-23-17/h4-5,9-10,12,16H,1-3,6-8,11,13-15H2,(H,22,23). The van der Waals surface area contributed by atoms with Crippen molar-refractivity contribution in [3.63, 3.8) is 0 Å². The lowest BCUT2D eigenvalue weighted by molar-refractivity contribution is -0.143. The normalized spacial score (nSPS) is 22.3. The Hall–Kier alpha value is -2.90. The molecule has 2 aliphatic rings. The number of imidazole rings is 1. The number of pyridine rings is 1. The van der Waals surface area contributed by atoms with Crippen molar-refractivity contribution in [1.29, 1.82) is 0 Å². The molecule has 1 atom stereocenters. The Labute approximate surface area is 169 Å². The van der Waals surface area contributed by atoms with Gasteiger partial charge in [0.15, 0.2) is 5.43 Å². The number of nitrogens with zero attached hydrogens (tertiary/aromatic N) is 4. The van der Waals surface area contributed by atoms with Gasteiger partial charge in [-0.2, -0.15) is 0 Å². The van der Waals surface area contributed by atoms with E-state index in [4.69, 9.17) is 0 Å². The van der Waals surface area contributed by atoms with E-state index >= 15 is 0 Å². The monoisotopic (exact) mass is 397 g/mol. The molecule has 2 aliphatic heterocycles. The van der Waals surface area contributed by atoms with Gasteiger partial charge in [-0.15, -0.1) is 0 Å². The van der Waals surface area contributed by atoms with Crippen LogP contribution in [0.4, 0.5) is 0 Å². The number of hydrogen-bond acceptors (Lipinski definition) is 4. The molecule has 2 amide bonds. The molecule has 0 bridgehead atoms. The van der Waals surface area contributed by atoms with Crippen LogP contribution >= 0.6 is 0 Å². The Bertz CT molecular complexity index is 902. The van der Waals surface area contributed by atoms with Crippen LogP contribution in [0.15, 0.2) is 41.8 Å². The summed E-state index contributed by atoms with van der Waals surface area (Å²) in [7, 11) is 0. The van der Waals surface area contributed by atoms with Gasteiger partial charge >= 0.3 is 0 Å². The number of hydrogen-bond donors (Lipinski definition) is 1. The van der Waals surface area contributed by atoms with Crippen molar-refractivity contribution in [3.05, 3.63) is 53.0 Å². The maximum absolute atomic E-state index is 12.8. The van der Waals surface area contributed by atoms with Crippen LogP contribution < -0.4 is 5.43 Å². The quantitative estimate of drug-likeness (QED) is 0.816. The summed E-state index contributed by atoms with van der Waals surface area (Å²) in [4.78, 5) is 47.6. The van der Waals surface area contributed by atoms with Crippen molar-refractivity contribution in [2.24, 2.45) is 5.41 Å². The van der Waals surface area contributed by atoms with Crippen LogP contribution in [0, 0.1) is 5.41 Å². The summed E-state index contributed by atoms with van der Waals surface area (Å²) in [6, 6.07) is 2.94. The number of likely N-dealkylation sites (tertiary alicyclic amines) is 2. The van der Waals surface area contributed by atoms with E-state index in [0.29, 0.717) is 26.1 Å². The summed E-state index contributed by atoms with van der Waals surface area (Å²) in [5.41, 5.74) is 0.950. The van der Waals surface area contributed by atoms with Crippen LogP contribution in [-0.2, 0) is 22.6 Å². The zero-order valence-electron chi connectivity index (χ0n) is 16.5. The summed E-state index contributed by atoms with van der Waals surface area (Å²) in [6.07, 6.45) is 10.9. The molecule has 0 saturated carbocycles. The molecule has 1 spiro atoms. The predicted molar refractivity (Wildman–Crippen MR) is 107 cm³/mol. The lowest BCUT2D eigenvalue weighted by Gasteiger charge is -2.48. The first-order chi connectivity index (χ1) is 14.0. The Morgan fingerprint density at radius 3 is 2.76 bits per heavy atom. The molecule has 0 radical (unpaired) electrons. The molecule has 2 fully saturated rings. The summed E-state index contributed by atoms with van der Waals surface area (Å²) in [5.74, 6) is 0.264. The van der Waals surface area contributed by atoms with Gasteiger partial charge in [-0.3, -0.25) is 14.4 Å². The van der Waals surface area contributed by atoms with Crippen LogP contribution in [0.2, 0.25) is 0 Å². The molecule has 1 unspecified atom stereocenters. The van der Waals surface area contributed by atoms with Gasteiger partial charge in [0.2, 0.25) is 11.8 Å².